The van der Waals surface area contributed by atoms with E-state index in [-0.39, 0.29) is 0 Å². The Hall–Kier alpha value is -1.24. The van der Waals surface area contributed by atoms with E-state index in [4.69, 9.17) is 4.74 Å². The molecule has 0 amide bonds. The van der Waals surface area contributed by atoms with Gasteiger partial charge in [0.05, 0.1) is 0 Å². The summed E-state index contributed by atoms with van der Waals surface area (Å²) < 4.78 is 5.56. The fourth-order valence-corrected chi connectivity index (χ4v) is 1.28. The fourth-order valence-electron chi connectivity index (χ4n) is 1.28. The summed E-state index contributed by atoms with van der Waals surface area (Å²) in [5.74, 6) is 1.51. The van der Waals surface area contributed by atoms with Gasteiger partial charge in [-0.05, 0) is 30.0 Å². The number of benzene rings is 1. The summed E-state index contributed by atoms with van der Waals surface area (Å²) in [6.07, 6.45) is 1.77. The van der Waals surface area contributed by atoms with Crippen LogP contribution in [0, 0.1) is 6.92 Å². The van der Waals surface area contributed by atoms with Gasteiger partial charge in [-0.2, -0.15) is 0 Å². The van der Waals surface area contributed by atoms with Crippen molar-refractivity contribution in [2.45, 2.75) is 26.7 Å². The van der Waals surface area contributed by atoms with Gasteiger partial charge in [0.1, 0.15) is 12.4 Å². The van der Waals surface area contributed by atoms with Gasteiger partial charge in [0.25, 0.3) is 0 Å². The average Bonchev–Trinajstić information content (AvgIpc) is 2.16. The van der Waals surface area contributed by atoms with Gasteiger partial charge in [-0.25, -0.2) is 0 Å². The van der Waals surface area contributed by atoms with Gasteiger partial charge in [0.2, 0.25) is 0 Å². The number of aryl methyl sites for hydroxylation is 1. The highest BCUT2D eigenvalue weighted by molar-refractivity contribution is 5.37. The molecule has 0 radical (unpaired) electrons. The molecule has 1 heteroatoms. The molecule has 0 N–H and O–H groups in total. The summed E-state index contributed by atoms with van der Waals surface area (Å²) in [5, 5.41) is 0. The van der Waals surface area contributed by atoms with Crippen LogP contribution in [0.3, 0.4) is 0 Å². The molecule has 76 valence electrons. The van der Waals surface area contributed by atoms with E-state index in [1.165, 1.54) is 11.1 Å². The van der Waals surface area contributed by atoms with Crippen molar-refractivity contribution in [3.8, 4) is 5.75 Å². The lowest BCUT2D eigenvalue weighted by atomic mass is 10.0. The van der Waals surface area contributed by atoms with Crippen molar-refractivity contribution in [2.75, 3.05) is 6.61 Å². The van der Waals surface area contributed by atoms with Crippen molar-refractivity contribution in [1.82, 2.24) is 0 Å². The van der Waals surface area contributed by atoms with Crippen LogP contribution in [0.1, 0.15) is 30.9 Å². The van der Waals surface area contributed by atoms with Gasteiger partial charge < -0.3 is 4.74 Å². The normalized spacial score (nSPS) is 10.3. The molecule has 1 aromatic carbocycles. The molecular formula is C13H18O. The lowest BCUT2D eigenvalue weighted by Gasteiger charge is -2.11. The number of rotatable bonds is 4. The summed E-state index contributed by atoms with van der Waals surface area (Å²) in [5.41, 5.74) is 2.49. The minimum absolute atomic E-state index is 0.543. The summed E-state index contributed by atoms with van der Waals surface area (Å²) in [6.45, 7) is 10.6. The Kier molecular flexibility index (Phi) is 3.75. The molecule has 0 unspecified atom stereocenters. The van der Waals surface area contributed by atoms with E-state index in [1.807, 2.05) is 0 Å². The third kappa shape index (κ3) is 2.63. The van der Waals surface area contributed by atoms with E-state index in [0.29, 0.717) is 12.5 Å². The third-order valence-electron chi connectivity index (χ3n) is 2.24. The highest BCUT2D eigenvalue weighted by atomic mass is 16.5. The van der Waals surface area contributed by atoms with Gasteiger partial charge in [-0.3, -0.25) is 0 Å². The lowest BCUT2D eigenvalue weighted by molar-refractivity contribution is 0.360. The minimum atomic E-state index is 0.543. The first-order chi connectivity index (χ1) is 6.65. The van der Waals surface area contributed by atoms with E-state index < -0.39 is 0 Å². The molecule has 0 fully saturated rings. The Balaban J connectivity index is 2.90. The van der Waals surface area contributed by atoms with E-state index in [9.17, 15) is 0 Å². The molecule has 0 saturated carbocycles. The van der Waals surface area contributed by atoms with E-state index >= 15 is 0 Å². The molecule has 14 heavy (non-hydrogen) atoms. The molecule has 0 atom stereocenters. The van der Waals surface area contributed by atoms with Crippen LogP contribution in [0.2, 0.25) is 0 Å². The lowest BCUT2D eigenvalue weighted by Crippen LogP contribution is -1.97. The maximum atomic E-state index is 5.56. The SMILES string of the molecule is C=CCOc1cc(C(C)C)ccc1C. The molecular weight excluding hydrogens is 172 g/mol. The number of ether oxygens (including phenoxy) is 1. The van der Waals surface area contributed by atoms with Crippen molar-refractivity contribution >= 4 is 0 Å². The molecule has 0 bridgehead atoms. The summed E-state index contributed by atoms with van der Waals surface area (Å²) in [4.78, 5) is 0. The molecule has 0 aliphatic heterocycles. The Morgan fingerprint density at radius 3 is 2.71 bits per heavy atom. The van der Waals surface area contributed by atoms with Gasteiger partial charge in [-0.1, -0.05) is 38.6 Å². The second-order valence-electron chi connectivity index (χ2n) is 3.78. The van der Waals surface area contributed by atoms with Crippen LogP contribution in [-0.2, 0) is 0 Å². The van der Waals surface area contributed by atoms with E-state index in [1.54, 1.807) is 6.08 Å². The summed E-state index contributed by atoms with van der Waals surface area (Å²) in [7, 11) is 0. The molecule has 0 aliphatic rings. The van der Waals surface area contributed by atoms with Crippen LogP contribution in [0.5, 0.6) is 5.75 Å². The topological polar surface area (TPSA) is 9.23 Å². The quantitative estimate of drug-likeness (QED) is 0.658. The second-order valence-corrected chi connectivity index (χ2v) is 3.78. The maximum absolute atomic E-state index is 5.56. The van der Waals surface area contributed by atoms with E-state index in [0.717, 1.165) is 5.75 Å². The minimum Gasteiger partial charge on any atom is -0.489 e. The number of hydrogen-bond donors (Lipinski definition) is 0. The highest BCUT2D eigenvalue weighted by Crippen LogP contribution is 2.24. The standard InChI is InChI=1S/C13H18O/c1-5-8-14-13-9-12(10(2)3)7-6-11(13)4/h5-7,9-10H,1,8H2,2-4H3. The van der Waals surface area contributed by atoms with Crippen LogP contribution in [-0.4, -0.2) is 6.61 Å². The van der Waals surface area contributed by atoms with Crippen molar-refractivity contribution in [3.63, 3.8) is 0 Å². The Morgan fingerprint density at radius 1 is 1.43 bits per heavy atom. The van der Waals surface area contributed by atoms with Crippen molar-refractivity contribution < 1.29 is 4.74 Å². The van der Waals surface area contributed by atoms with Crippen LogP contribution < -0.4 is 4.74 Å². The molecule has 0 saturated heterocycles. The third-order valence-corrected chi connectivity index (χ3v) is 2.24. The summed E-state index contributed by atoms with van der Waals surface area (Å²) in [6, 6.07) is 6.37. The highest BCUT2D eigenvalue weighted by Gasteiger charge is 2.03. The zero-order valence-electron chi connectivity index (χ0n) is 9.21. The Bertz CT molecular complexity index is 313. The average molecular weight is 190 g/mol. The molecule has 0 aromatic heterocycles. The molecule has 1 nitrogen and oxygen atoms in total. The smallest absolute Gasteiger partial charge is 0.122 e. The second kappa shape index (κ2) is 4.85. The molecule has 0 heterocycles. The van der Waals surface area contributed by atoms with Crippen molar-refractivity contribution in [1.29, 1.82) is 0 Å². The molecule has 0 aliphatic carbocycles. The van der Waals surface area contributed by atoms with Crippen LogP contribution in [0.25, 0.3) is 0 Å². The Morgan fingerprint density at radius 2 is 2.14 bits per heavy atom. The number of hydrogen-bond acceptors (Lipinski definition) is 1. The zero-order chi connectivity index (χ0) is 10.6. The largest absolute Gasteiger partial charge is 0.489 e. The molecule has 1 rings (SSSR count). The van der Waals surface area contributed by atoms with Crippen LogP contribution >= 0.6 is 0 Å². The summed E-state index contributed by atoms with van der Waals surface area (Å²) >= 11 is 0. The molecule has 1 aromatic rings. The van der Waals surface area contributed by atoms with Gasteiger partial charge in [0.15, 0.2) is 0 Å². The first-order valence-corrected chi connectivity index (χ1v) is 4.99. The van der Waals surface area contributed by atoms with Crippen LogP contribution in [0.4, 0.5) is 0 Å². The zero-order valence-corrected chi connectivity index (χ0v) is 9.21. The monoisotopic (exact) mass is 190 g/mol. The maximum Gasteiger partial charge on any atom is 0.122 e. The van der Waals surface area contributed by atoms with Crippen molar-refractivity contribution in [2.24, 2.45) is 0 Å². The van der Waals surface area contributed by atoms with Gasteiger partial charge >= 0.3 is 0 Å². The van der Waals surface area contributed by atoms with Gasteiger partial charge in [-0.15, -0.1) is 0 Å². The van der Waals surface area contributed by atoms with Crippen molar-refractivity contribution in [3.05, 3.63) is 42.0 Å². The van der Waals surface area contributed by atoms with E-state index in [2.05, 4.69) is 45.5 Å². The Labute approximate surface area is 86.4 Å². The van der Waals surface area contributed by atoms with Gasteiger partial charge in [0, 0.05) is 0 Å². The predicted octanol–water partition coefficient (Wildman–Crippen LogP) is 3.68. The fraction of sp³-hybridized carbons (Fsp3) is 0.385. The molecule has 0 spiro atoms. The first-order valence-electron chi connectivity index (χ1n) is 4.99. The first kappa shape index (κ1) is 10.8. The van der Waals surface area contributed by atoms with Crippen LogP contribution in [0.15, 0.2) is 30.9 Å². The predicted molar refractivity (Wildman–Crippen MR) is 61.0 cm³/mol.